The number of nitrogens with two attached hydrogens (primary N) is 1. The van der Waals surface area contributed by atoms with E-state index in [1.807, 2.05) is 36.4 Å². The maximum absolute atomic E-state index is 6.04. The number of imidazole rings is 1. The van der Waals surface area contributed by atoms with E-state index in [0.717, 1.165) is 39.1 Å². The van der Waals surface area contributed by atoms with Gasteiger partial charge in [-0.25, -0.2) is 4.98 Å². The molecule has 3 nitrogen and oxygen atoms in total. The molecule has 0 saturated carbocycles. The molecule has 0 saturated heterocycles. The summed E-state index contributed by atoms with van der Waals surface area (Å²) in [4.78, 5) is 4.70. The summed E-state index contributed by atoms with van der Waals surface area (Å²) in [5, 5.41) is 0.697. The number of nitrogens with zero attached hydrogens (tertiary/aromatic N) is 2. The standard InChI is InChI=1S/C15H13BrClN3/c1-2-20-14-6-4-10(17)8-13(14)19-15(20)9-3-5-12(18)11(16)7-9/h3-8H,2,18H2,1H3. The molecule has 0 fully saturated rings. The summed E-state index contributed by atoms with van der Waals surface area (Å²) in [5.74, 6) is 0.922. The van der Waals surface area contributed by atoms with E-state index in [9.17, 15) is 0 Å². The van der Waals surface area contributed by atoms with E-state index >= 15 is 0 Å². The number of halogens is 2. The Bertz CT molecular complexity index is 795. The lowest BCUT2D eigenvalue weighted by atomic mass is 10.2. The quantitative estimate of drug-likeness (QED) is 0.680. The lowest BCUT2D eigenvalue weighted by Crippen LogP contribution is -1.98. The number of aromatic nitrogens is 2. The fourth-order valence-electron chi connectivity index (χ4n) is 2.31. The first-order valence-electron chi connectivity index (χ1n) is 6.31. The highest BCUT2D eigenvalue weighted by molar-refractivity contribution is 9.10. The minimum Gasteiger partial charge on any atom is -0.398 e. The Morgan fingerprint density at radius 2 is 2.05 bits per heavy atom. The van der Waals surface area contributed by atoms with E-state index in [4.69, 9.17) is 22.3 Å². The molecule has 0 bridgehead atoms. The van der Waals surface area contributed by atoms with E-state index in [1.165, 1.54) is 0 Å². The minimum absolute atomic E-state index is 0.697. The van der Waals surface area contributed by atoms with E-state index in [-0.39, 0.29) is 0 Å². The summed E-state index contributed by atoms with van der Waals surface area (Å²) in [6.07, 6.45) is 0. The van der Waals surface area contributed by atoms with Gasteiger partial charge in [-0.15, -0.1) is 0 Å². The molecule has 102 valence electrons. The molecule has 0 atom stereocenters. The monoisotopic (exact) mass is 349 g/mol. The molecule has 0 unspecified atom stereocenters. The third-order valence-electron chi connectivity index (χ3n) is 3.29. The molecule has 3 aromatic rings. The number of anilines is 1. The fourth-order valence-corrected chi connectivity index (χ4v) is 2.85. The topological polar surface area (TPSA) is 43.8 Å². The highest BCUT2D eigenvalue weighted by Crippen LogP contribution is 2.30. The van der Waals surface area contributed by atoms with Crippen molar-refractivity contribution in [1.29, 1.82) is 0 Å². The second-order valence-electron chi connectivity index (χ2n) is 4.55. The van der Waals surface area contributed by atoms with Gasteiger partial charge in [-0.05, 0) is 59.3 Å². The van der Waals surface area contributed by atoms with Crippen molar-refractivity contribution < 1.29 is 0 Å². The smallest absolute Gasteiger partial charge is 0.141 e. The molecule has 2 aromatic carbocycles. The number of aryl methyl sites for hydroxylation is 1. The van der Waals surface area contributed by atoms with Gasteiger partial charge in [-0.2, -0.15) is 0 Å². The van der Waals surface area contributed by atoms with Crippen LogP contribution in [0.2, 0.25) is 5.02 Å². The van der Waals surface area contributed by atoms with Crippen molar-refractivity contribution >= 4 is 44.3 Å². The van der Waals surface area contributed by atoms with Crippen LogP contribution in [0.3, 0.4) is 0 Å². The second-order valence-corrected chi connectivity index (χ2v) is 5.84. The van der Waals surface area contributed by atoms with Crippen LogP contribution in [0.5, 0.6) is 0 Å². The molecule has 20 heavy (non-hydrogen) atoms. The molecule has 1 heterocycles. The Balaban J connectivity index is 2.26. The van der Waals surface area contributed by atoms with Gasteiger partial charge < -0.3 is 10.3 Å². The normalized spacial score (nSPS) is 11.2. The number of hydrogen-bond acceptors (Lipinski definition) is 2. The summed E-state index contributed by atoms with van der Waals surface area (Å²) < 4.78 is 3.05. The molecule has 3 rings (SSSR count). The Kier molecular flexibility index (Phi) is 3.44. The zero-order valence-corrected chi connectivity index (χ0v) is 13.2. The van der Waals surface area contributed by atoms with Crippen LogP contribution in [-0.4, -0.2) is 9.55 Å². The first-order chi connectivity index (χ1) is 9.60. The molecule has 0 aliphatic rings. The van der Waals surface area contributed by atoms with Gasteiger partial charge in [-0.3, -0.25) is 0 Å². The summed E-state index contributed by atoms with van der Waals surface area (Å²) in [6.45, 7) is 2.95. The van der Waals surface area contributed by atoms with Gasteiger partial charge in [-0.1, -0.05) is 11.6 Å². The predicted molar refractivity (Wildman–Crippen MR) is 88.0 cm³/mol. The van der Waals surface area contributed by atoms with Crippen molar-refractivity contribution in [3.8, 4) is 11.4 Å². The number of benzene rings is 2. The Hall–Kier alpha value is -1.52. The van der Waals surface area contributed by atoms with Crippen LogP contribution in [0.1, 0.15) is 6.92 Å². The Morgan fingerprint density at radius 3 is 2.75 bits per heavy atom. The summed E-state index contributed by atoms with van der Waals surface area (Å²) in [5.41, 5.74) is 9.58. The van der Waals surface area contributed by atoms with Crippen molar-refractivity contribution in [3.63, 3.8) is 0 Å². The van der Waals surface area contributed by atoms with Crippen molar-refractivity contribution in [2.75, 3.05) is 5.73 Å². The van der Waals surface area contributed by atoms with Crippen molar-refractivity contribution in [2.24, 2.45) is 0 Å². The van der Waals surface area contributed by atoms with Crippen molar-refractivity contribution in [1.82, 2.24) is 9.55 Å². The van der Waals surface area contributed by atoms with Gasteiger partial charge >= 0.3 is 0 Å². The Morgan fingerprint density at radius 1 is 1.25 bits per heavy atom. The van der Waals surface area contributed by atoms with Crippen molar-refractivity contribution in [2.45, 2.75) is 13.5 Å². The highest BCUT2D eigenvalue weighted by Gasteiger charge is 2.12. The SMILES string of the molecule is CCn1c(-c2ccc(N)c(Br)c2)nc2cc(Cl)ccc21. The zero-order chi connectivity index (χ0) is 14.3. The van der Waals surface area contributed by atoms with Gasteiger partial charge in [0.1, 0.15) is 5.82 Å². The van der Waals surface area contributed by atoms with E-state index in [2.05, 4.69) is 27.4 Å². The van der Waals surface area contributed by atoms with Crippen molar-refractivity contribution in [3.05, 3.63) is 45.9 Å². The molecule has 2 N–H and O–H groups in total. The number of rotatable bonds is 2. The number of nitrogen functional groups attached to an aromatic ring is 1. The lowest BCUT2D eigenvalue weighted by Gasteiger charge is -2.07. The number of hydrogen-bond donors (Lipinski definition) is 1. The maximum atomic E-state index is 6.04. The van der Waals surface area contributed by atoms with Crippen LogP contribution in [0.25, 0.3) is 22.4 Å². The van der Waals surface area contributed by atoms with E-state index < -0.39 is 0 Å². The van der Waals surface area contributed by atoms with E-state index in [0.29, 0.717) is 5.02 Å². The Labute approximate surface area is 130 Å². The molecule has 0 spiro atoms. The molecule has 1 aromatic heterocycles. The van der Waals surface area contributed by atoms with Gasteiger partial charge in [0.15, 0.2) is 0 Å². The van der Waals surface area contributed by atoms with Gasteiger partial charge in [0.25, 0.3) is 0 Å². The maximum Gasteiger partial charge on any atom is 0.141 e. The molecular weight excluding hydrogens is 338 g/mol. The van der Waals surface area contributed by atoms with Crippen LogP contribution in [0.4, 0.5) is 5.69 Å². The fraction of sp³-hybridized carbons (Fsp3) is 0.133. The number of fused-ring (bicyclic) bond motifs is 1. The first kappa shape index (κ1) is 13.5. The van der Waals surface area contributed by atoms with Gasteiger partial charge in [0.2, 0.25) is 0 Å². The molecule has 0 aliphatic heterocycles. The summed E-state index contributed by atoms with van der Waals surface area (Å²) in [7, 11) is 0. The molecule has 0 radical (unpaired) electrons. The third-order valence-corrected chi connectivity index (χ3v) is 4.21. The van der Waals surface area contributed by atoms with Crippen LogP contribution in [-0.2, 0) is 6.54 Å². The molecule has 0 aliphatic carbocycles. The zero-order valence-electron chi connectivity index (χ0n) is 10.9. The largest absolute Gasteiger partial charge is 0.398 e. The van der Waals surface area contributed by atoms with E-state index in [1.54, 1.807) is 0 Å². The molecule has 0 amide bonds. The highest BCUT2D eigenvalue weighted by atomic mass is 79.9. The lowest BCUT2D eigenvalue weighted by molar-refractivity contribution is 0.796. The second kappa shape index (κ2) is 5.11. The van der Waals surface area contributed by atoms with Gasteiger partial charge in [0, 0.05) is 27.3 Å². The summed E-state index contributed by atoms with van der Waals surface area (Å²) >= 11 is 9.50. The van der Waals surface area contributed by atoms with Crippen LogP contribution >= 0.6 is 27.5 Å². The molecular formula is C15H13BrClN3. The average molecular weight is 351 g/mol. The predicted octanol–water partition coefficient (Wildman–Crippen LogP) is 4.72. The minimum atomic E-state index is 0.697. The molecule has 5 heteroatoms. The van der Waals surface area contributed by atoms with Crippen LogP contribution < -0.4 is 5.73 Å². The van der Waals surface area contributed by atoms with Crippen LogP contribution in [0.15, 0.2) is 40.9 Å². The average Bonchev–Trinajstić information content (AvgIpc) is 2.79. The third kappa shape index (κ3) is 2.19. The van der Waals surface area contributed by atoms with Gasteiger partial charge in [0.05, 0.1) is 11.0 Å². The van der Waals surface area contributed by atoms with Crippen LogP contribution in [0, 0.1) is 0 Å². The summed E-state index contributed by atoms with van der Waals surface area (Å²) in [6, 6.07) is 11.6. The first-order valence-corrected chi connectivity index (χ1v) is 7.48.